The molecule has 0 aliphatic carbocycles. The van der Waals surface area contributed by atoms with Gasteiger partial charge in [-0.2, -0.15) is 0 Å². The van der Waals surface area contributed by atoms with Crippen molar-refractivity contribution in [1.82, 2.24) is 0 Å². The first kappa shape index (κ1) is 12.8. The van der Waals surface area contributed by atoms with Gasteiger partial charge in [0.15, 0.2) is 11.5 Å². The Morgan fingerprint density at radius 3 is 2.95 bits per heavy atom. The Bertz CT molecular complexity index is 611. The van der Waals surface area contributed by atoms with E-state index in [9.17, 15) is 5.11 Å². The number of fused-ring (bicyclic) bond motifs is 1. The third-order valence-corrected chi connectivity index (χ3v) is 4.81. The summed E-state index contributed by atoms with van der Waals surface area (Å²) >= 11 is 4.91. The lowest BCUT2D eigenvalue weighted by atomic mass is 10.1. The molecule has 0 saturated carbocycles. The average molecular weight is 343 g/mol. The molecule has 0 spiro atoms. The summed E-state index contributed by atoms with van der Waals surface area (Å²) in [6, 6.07) is 5.46. The van der Waals surface area contributed by atoms with Crippen LogP contribution in [0.25, 0.3) is 0 Å². The van der Waals surface area contributed by atoms with Crippen LogP contribution in [0.2, 0.25) is 0 Å². The summed E-state index contributed by atoms with van der Waals surface area (Å²) in [6.07, 6.45) is -0.724. The van der Waals surface area contributed by atoms with Crippen LogP contribution in [0, 0.1) is 0 Å². The highest BCUT2D eigenvalue weighted by atomic mass is 79.9. The summed E-state index contributed by atoms with van der Waals surface area (Å²) in [4.78, 5) is 0.848. The van der Waals surface area contributed by atoms with Crippen LogP contribution in [0.5, 0.6) is 17.2 Å². The summed E-state index contributed by atoms with van der Waals surface area (Å²) in [7, 11) is 1.56. The molecule has 1 unspecified atom stereocenters. The fourth-order valence-corrected chi connectivity index (χ4v) is 3.56. The highest BCUT2D eigenvalue weighted by Crippen LogP contribution is 2.44. The Morgan fingerprint density at radius 1 is 1.42 bits per heavy atom. The lowest BCUT2D eigenvalue weighted by molar-refractivity contribution is 0.171. The molecule has 2 aromatic rings. The molecule has 1 aromatic heterocycles. The van der Waals surface area contributed by atoms with E-state index in [4.69, 9.17) is 14.2 Å². The minimum Gasteiger partial charge on any atom is -0.493 e. The molecule has 1 atom stereocenters. The van der Waals surface area contributed by atoms with Gasteiger partial charge < -0.3 is 19.3 Å². The van der Waals surface area contributed by atoms with Crippen molar-refractivity contribution in [2.75, 3.05) is 13.9 Å². The first-order chi connectivity index (χ1) is 9.20. The van der Waals surface area contributed by atoms with Crippen LogP contribution in [-0.2, 0) is 0 Å². The summed E-state index contributed by atoms with van der Waals surface area (Å²) in [5, 5.41) is 12.4. The van der Waals surface area contributed by atoms with Gasteiger partial charge in [-0.05, 0) is 45.1 Å². The van der Waals surface area contributed by atoms with Crippen LogP contribution >= 0.6 is 27.3 Å². The molecule has 0 radical (unpaired) electrons. The average Bonchev–Trinajstić information content (AvgIpc) is 3.04. The topological polar surface area (TPSA) is 47.9 Å². The quantitative estimate of drug-likeness (QED) is 0.929. The van der Waals surface area contributed by atoms with Crippen LogP contribution in [0.1, 0.15) is 16.5 Å². The smallest absolute Gasteiger partial charge is 0.231 e. The standard InChI is InChI=1S/C13H11BrO4S/c1-16-9-4-7(5-10-12(9)18-6-17-10)11(15)13-8(14)2-3-19-13/h2-5,11,15H,6H2,1H3. The molecule has 2 heterocycles. The van der Waals surface area contributed by atoms with Crippen molar-refractivity contribution in [3.8, 4) is 17.2 Å². The van der Waals surface area contributed by atoms with Crippen LogP contribution in [-0.4, -0.2) is 19.0 Å². The molecule has 4 nitrogen and oxygen atoms in total. The number of hydrogen-bond donors (Lipinski definition) is 1. The lowest BCUT2D eigenvalue weighted by Gasteiger charge is -2.13. The van der Waals surface area contributed by atoms with E-state index in [-0.39, 0.29) is 6.79 Å². The highest BCUT2D eigenvalue weighted by molar-refractivity contribution is 9.10. The fraction of sp³-hybridized carbons (Fsp3) is 0.231. The van der Waals surface area contributed by atoms with Gasteiger partial charge in [-0.3, -0.25) is 0 Å². The molecule has 100 valence electrons. The van der Waals surface area contributed by atoms with E-state index in [0.717, 1.165) is 9.35 Å². The van der Waals surface area contributed by atoms with Crippen LogP contribution in [0.15, 0.2) is 28.1 Å². The van der Waals surface area contributed by atoms with Crippen LogP contribution in [0.4, 0.5) is 0 Å². The molecular formula is C13H11BrO4S. The number of methoxy groups -OCH3 is 1. The zero-order valence-electron chi connectivity index (χ0n) is 10.1. The van der Waals surface area contributed by atoms with Gasteiger partial charge in [0.1, 0.15) is 6.10 Å². The van der Waals surface area contributed by atoms with Crippen molar-refractivity contribution in [1.29, 1.82) is 0 Å². The Hall–Kier alpha value is -1.24. The van der Waals surface area contributed by atoms with Crippen LogP contribution in [0.3, 0.4) is 0 Å². The summed E-state index contributed by atoms with van der Waals surface area (Å²) < 4.78 is 16.9. The molecule has 0 bridgehead atoms. The molecule has 0 amide bonds. The van der Waals surface area contributed by atoms with Gasteiger partial charge in [0, 0.05) is 4.47 Å². The number of hydrogen-bond acceptors (Lipinski definition) is 5. The van der Waals surface area contributed by atoms with Crippen molar-refractivity contribution in [2.24, 2.45) is 0 Å². The Balaban J connectivity index is 2.04. The van der Waals surface area contributed by atoms with E-state index < -0.39 is 6.10 Å². The van der Waals surface area contributed by atoms with E-state index in [1.807, 2.05) is 11.4 Å². The Labute approximate surface area is 122 Å². The van der Waals surface area contributed by atoms with E-state index in [2.05, 4.69) is 15.9 Å². The second kappa shape index (κ2) is 5.03. The van der Waals surface area contributed by atoms with E-state index in [1.165, 1.54) is 11.3 Å². The number of thiophene rings is 1. The SMILES string of the molecule is COc1cc(C(O)c2sccc2Br)cc2c1OCO2. The largest absolute Gasteiger partial charge is 0.493 e. The van der Waals surface area contributed by atoms with Crippen molar-refractivity contribution in [3.05, 3.63) is 38.5 Å². The number of halogens is 1. The molecule has 1 N–H and O–H groups in total. The second-order valence-electron chi connectivity index (χ2n) is 3.99. The molecule has 6 heteroatoms. The Kier molecular flexibility index (Phi) is 3.38. The first-order valence-corrected chi connectivity index (χ1v) is 7.26. The maximum atomic E-state index is 10.4. The number of aliphatic hydroxyl groups excluding tert-OH is 1. The van der Waals surface area contributed by atoms with Gasteiger partial charge >= 0.3 is 0 Å². The lowest BCUT2D eigenvalue weighted by Crippen LogP contribution is -1.99. The minimum absolute atomic E-state index is 0.175. The molecular weight excluding hydrogens is 332 g/mol. The maximum Gasteiger partial charge on any atom is 0.231 e. The van der Waals surface area contributed by atoms with Crippen molar-refractivity contribution in [2.45, 2.75) is 6.10 Å². The van der Waals surface area contributed by atoms with Crippen molar-refractivity contribution < 1.29 is 19.3 Å². The monoisotopic (exact) mass is 342 g/mol. The minimum atomic E-state index is -0.724. The summed E-state index contributed by atoms with van der Waals surface area (Å²) in [6.45, 7) is 0.175. The summed E-state index contributed by atoms with van der Waals surface area (Å²) in [5.74, 6) is 1.75. The van der Waals surface area contributed by atoms with Gasteiger partial charge in [-0.25, -0.2) is 0 Å². The molecule has 3 rings (SSSR count). The van der Waals surface area contributed by atoms with Crippen molar-refractivity contribution in [3.63, 3.8) is 0 Å². The molecule has 1 aliphatic heterocycles. The molecule has 1 aromatic carbocycles. The third kappa shape index (κ3) is 2.20. The predicted molar refractivity (Wildman–Crippen MR) is 75.2 cm³/mol. The van der Waals surface area contributed by atoms with E-state index in [0.29, 0.717) is 22.8 Å². The summed E-state index contributed by atoms with van der Waals surface area (Å²) in [5.41, 5.74) is 0.712. The highest BCUT2D eigenvalue weighted by Gasteiger charge is 2.24. The number of ether oxygens (including phenoxy) is 3. The molecule has 1 aliphatic rings. The number of rotatable bonds is 3. The van der Waals surface area contributed by atoms with E-state index >= 15 is 0 Å². The first-order valence-electron chi connectivity index (χ1n) is 5.59. The second-order valence-corrected chi connectivity index (χ2v) is 5.79. The van der Waals surface area contributed by atoms with Gasteiger partial charge in [0.2, 0.25) is 12.5 Å². The molecule has 19 heavy (non-hydrogen) atoms. The zero-order valence-corrected chi connectivity index (χ0v) is 12.5. The molecule has 0 fully saturated rings. The number of benzene rings is 1. The number of aliphatic hydroxyl groups is 1. The normalized spacial score (nSPS) is 14.5. The zero-order chi connectivity index (χ0) is 13.4. The van der Waals surface area contributed by atoms with Crippen LogP contribution < -0.4 is 14.2 Å². The van der Waals surface area contributed by atoms with Gasteiger partial charge in [0.05, 0.1) is 12.0 Å². The maximum absolute atomic E-state index is 10.4. The third-order valence-electron chi connectivity index (χ3n) is 2.89. The van der Waals surface area contributed by atoms with Gasteiger partial charge in [-0.15, -0.1) is 11.3 Å². The fourth-order valence-electron chi connectivity index (χ4n) is 1.96. The van der Waals surface area contributed by atoms with Gasteiger partial charge in [-0.1, -0.05) is 0 Å². The Morgan fingerprint density at radius 2 is 2.26 bits per heavy atom. The predicted octanol–water partition coefficient (Wildman–Crippen LogP) is 3.33. The van der Waals surface area contributed by atoms with Crippen molar-refractivity contribution >= 4 is 27.3 Å². The van der Waals surface area contributed by atoms with Gasteiger partial charge in [0.25, 0.3) is 0 Å². The van der Waals surface area contributed by atoms with E-state index in [1.54, 1.807) is 19.2 Å². The molecule has 0 saturated heterocycles.